The van der Waals surface area contributed by atoms with E-state index in [9.17, 15) is 9.59 Å². The average Bonchev–Trinajstić information content (AvgIpc) is 2.34. The van der Waals surface area contributed by atoms with Crippen molar-refractivity contribution in [3.05, 3.63) is 12.2 Å². The molecule has 116 valence electrons. The summed E-state index contributed by atoms with van der Waals surface area (Å²) in [5, 5.41) is 0. The van der Waals surface area contributed by atoms with Crippen molar-refractivity contribution in [1.82, 2.24) is 0 Å². The first-order valence-corrected chi connectivity index (χ1v) is 7.36. The molecule has 0 N–H and O–H groups in total. The fourth-order valence-corrected chi connectivity index (χ4v) is 1.62. The molecule has 0 aliphatic carbocycles. The van der Waals surface area contributed by atoms with Crippen LogP contribution in [0.25, 0.3) is 0 Å². The summed E-state index contributed by atoms with van der Waals surface area (Å²) in [6.07, 6.45) is 6.58. The van der Waals surface area contributed by atoms with E-state index in [4.69, 9.17) is 9.47 Å². The fourth-order valence-electron chi connectivity index (χ4n) is 1.62. The lowest BCUT2D eigenvalue weighted by Crippen LogP contribution is -2.22. The predicted octanol–water partition coefficient (Wildman–Crippen LogP) is 3.64. The minimum Gasteiger partial charge on any atom is -0.462 e. The third-order valence-electron chi connectivity index (χ3n) is 2.77. The Morgan fingerprint density at radius 1 is 1.10 bits per heavy atom. The van der Waals surface area contributed by atoms with Crippen LogP contribution in [0.1, 0.15) is 60.3 Å². The van der Waals surface area contributed by atoms with Gasteiger partial charge in [-0.05, 0) is 33.1 Å². The zero-order valence-corrected chi connectivity index (χ0v) is 13.4. The first-order valence-electron chi connectivity index (χ1n) is 7.36. The van der Waals surface area contributed by atoms with Crippen LogP contribution in [-0.2, 0) is 19.1 Å². The smallest absolute Gasteiger partial charge is 0.331 e. The number of carbonyl (C=O) groups excluding carboxylic acids is 2. The summed E-state index contributed by atoms with van der Waals surface area (Å²) in [5.74, 6) is -0.632. The molecule has 0 fully saturated rings. The van der Waals surface area contributed by atoms with E-state index >= 15 is 0 Å². The molecule has 0 radical (unpaired) electrons. The molecule has 1 unspecified atom stereocenters. The molecule has 0 heterocycles. The standard InChI is InChI=1S/C16H28O4/c1-6-8-9-13(7-2)12-19-14(17)10-11-15(18)20-16(3,4)5/h10-11,13H,6-9,12H2,1-5H3/b11-10+. The van der Waals surface area contributed by atoms with Gasteiger partial charge in [-0.3, -0.25) is 0 Å². The number of unbranched alkanes of at least 4 members (excludes halogenated alkanes) is 1. The Labute approximate surface area is 122 Å². The van der Waals surface area contributed by atoms with Crippen molar-refractivity contribution in [2.45, 2.75) is 65.9 Å². The summed E-state index contributed by atoms with van der Waals surface area (Å²) in [7, 11) is 0. The zero-order chi connectivity index (χ0) is 15.6. The lowest BCUT2D eigenvalue weighted by Gasteiger charge is -2.17. The van der Waals surface area contributed by atoms with Gasteiger partial charge in [0.05, 0.1) is 6.61 Å². The SMILES string of the molecule is CCCCC(CC)COC(=O)/C=C/C(=O)OC(C)(C)C. The Hall–Kier alpha value is -1.32. The molecule has 1 atom stereocenters. The Kier molecular flexibility index (Phi) is 8.93. The van der Waals surface area contributed by atoms with Gasteiger partial charge < -0.3 is 9.47 Å². The van der Waals surface area contributed by atoms with E-state index in [2.05, 4.69) is 13.8 Å². The highest BCUT2D eigenvalue weighted by atomic mass is 16.6. The Balaban J connectivity index is 4.06. The van der Waals surface area contributed by atoms with Crippen LogP contribution in [-0.4, -0.2) is 24.1 Å². The maximum atomic E-state index is 11.5. The van der Waals surface area contributed by atoms with Crippen molar-refractivity contribution in [2.75, 3.05) is 6.61 Å². The fraction of sp³-hybridized carbons (Fsp3) is 0.750. The van der Waals surface area contributed by atoms with E-state index in [-0.39, 0.29) is 0 Å². The van der Waals surface area contributed by atoms with E-state index in [1.807, 2.05) is 0 Å². The molecule has 0 saturated carbocycles. The van der Waals surface area contributed by atoms with Crippen molar-refractivity contribution in [1.29, 1.82) is 0 Å². The van der Waals surface area contributed by atoms with Crippen molar-refractivity contribution in [3.8, 4) is 0 Å². The Morgan fingerprint density at radius 2 is 1.70 bits per heavy atom. The van der Waals surface area contributed by atoms with Crippen LogP contribution in [0.2, 0.25) is 0 Å². The topological polar surface area (TPSA) is 52.6 Å². The monoisotopic (exact) mass is 284 g/mol. The van der Waals surface area contributed by atoms with Crippen molar-refractivity contribution >= 4 is 11.9 Å². The van der Waals surface area contributed by atoms with Gasteiger partial charge in [0.25, 0.3) is 0 Å². The van der Waals surface area contributed by atoms with Gasteiger partial charge in [0.15, 0.2) is 0 Å². The lowest BCUT2D eigenvalue weighted by atomic mass is 10.0. The van der Waals surface area contributed by atoms with Gasteiger partial charge in [0, 0.05) is 12.2 Å². The van der Waals surface area contributed by atoms with Gasteiger partial charge in [0.2, 0.25) is 0 Å². The third kappa shape index (κ3) is 10.6. The molecule has 0 amide bonds. The maximum Gasteiger partial charge on any atom is 0.331 e. The van der Waals surface area contributed by atoms with Crippen LogP contribution in [0.5, 0.6) is 0 Å². The largest absolute Gasteiger partial charge is 0.462 e. The number of ether oxygens (including phenoxy) is 2. The molecular weight excluding hydrogens is 256 g/mol. The van der Waals surface area contributed by atoms with E-state index in [1.54, 1.807) is 20.8 Å². The maximum absolute atomic E-state index is 11.5. The molecule has 0 saturated heterocycles. The first kappa shape index (κ1) is 18.7. The van der Waals surface area contributed by atoms with Gasteiger partial charge in [0.1, 0.15) is 5.60 Å². The van der Waals surface area contributed by atoms with Crippen molar-refractivity contribution < 1.29 is 19.1 Å². The summed E-state index contributed by atoms with van der Waals surface area (Å²) < 4.78 is 10.2. The minimum absolute atomic E-state index is 0.397. The number of carbonyl (C=O) groups is 2. The van der Waals surface area contributed by atoms with E-state index in [0.29, 0.717) is 12.5 Å². The normalized spacial score (nSPS) is 13.2. The van der Waals surface area contributed by atoms with E-state index < -0.39 is 17.5 Å². The number of hydrogen-bond acceptors (Lipinski definition) is 4. The summed E-state index contributed by atoms with van der Waals surface area (Å²) in [4.78, 5) is 22.9. The van der Waals surface area contributed by atoms with Gasteiger partial charge >= 0.3 is 11.9 Å². The van der Waals surface area contributed by atoms with Crippen LogP contribution in [0, 0.1) is 5.92 Å². The highest BCUT2D eigenvalue weighted by molar-refractivity contribution is 5.91. The summed E-state index contributed by atoms with van der Waals surface area (Å²) in [6.45, 7) is 9.96. The zero-order valence-electron chi connectivity index (χ0n) is 13.4. The Bertz CT molecular complexity index is 326. The molecule has 0 aromatic carbocycles. The molecule has 4 heteroatoms. The van der Waals surface area contributed by atoms with Gasteiger partial charge in [-0.15, -0.1) is 0 Å². The molecule has 0 aromatic rings. The molecule has 0 bridgehead atoms. The molecule has 0 aliphatic rings. The summed E-state index contributed by atoms with van der Waals surface area (Å²) >= 11 is 0. The first-order chi connectivity index (χ1) is 9.28. The van der Waals surface area contributed by atoms with Gasteiger partial charge in [-0.2, -0.15) is 0 Å². The van der Waals surface area contributed by atoms with Crippen molar-refractivity contribution in [3.63, 3.8) is 0 Å². The molecule has 0 aliphatic heterocycles. The average molecular weight is 284 g/mol. The van der Waals surface area contributed by atoms with Crippen molar-refractivity contribution in [2.24, 2.45) is 5.92 Å². The van der Waals surface area contributed by atoms with Crippen LogP contribution in [0.3, 0.4) is 0 Å². The lowest BCUT2D eigenvalue weighted by molar-refractivity contribution is -0.149. The number of esters is 2. The Morgan fingerprint density at radius 3 is 2.20 bits per heavy atom. The number of hydrogen-bond donors (Lipinski definition) is 0. The summed E-state index contributed by atoms with van der Waals surface area (Å²) in [6, 6.07) is 0. The van der Waals surface area contributed by atoms with Crippen LogP contribution in [0.4, 0.5) is 0 Å². The second-order valence-electron chi connectivity index (χ2n) is 5.91. The van der Waals surface area contributed by atoms with E-state index in [1.165, 1.54) is 0 Å². The quantitative estimate of drug-likeness (QED) is 0.504. The molecule has 0 aromatic heterocycles. The van der Waals surface area contributed by atoms with Crippen LogP contribution < -0.4 is 0 Å². The molecule has 20 heavy (non-hydrogen) atoms. The van der Waals surface area contributed by atoms with Gasteiger partial charge in [-0.25, -0.2) is 9.59 Å². The molecule has 0 rings (SSSR count). The number of rotatable bonds is 8. The highest BCUT2D eigenvalue weighted by Crippen LogP contribution is 2.13. The third-order valence-corrected chi connectivity index (χ3v) is 2.77. The molecule has 4 nitrogen and oxygen atoms in total. The highest BCUT2D eigenvalue weighted by Gasteiger charge is 2.14. The molecular formula is C16H28O4. The minimum atomic E-state index is -0.557. The predicted molar refractivity (Wildman–Crippen MR) is 79.3 cm³/mol. The second kappa shape index (κ2) is 9.56. The van der Waals surface area contributed by atoms with Crippen LogP contribution in [0.15, 0.2) is 12.2 Å². The second-order valence-corrected chi connectivity index (χ2v) is 5.91. The van der Waals surface area contributed by atoms with Gasteiger partial charge in [-0.1, -0.05) is 33.1 Å². The molecule has 0 spiro atoms. The summed E-state index contributed by atoms with van der Waals surface area (Å²) in [5.41, 5.74) is -0.557. The van der Waals surface area contributed by atoms with E-state index in [0.717, 1.165) is 37.8 Å². The van der Waals surface area contributed by atoms with Crippen LogP contribution >= 0.6 is 0 Å².